The van der Waals surface area contributed by atoms with Crippen LogP contribution in [0.4, 0.5) is 11.4 Å². The zero-order chi connectivity index (χ0) is 23.7. The monoisotopic (exact) mass is 456 g/mol. The number of hydrogen-bond donors (Lipinski definition) is 0. The zero-order valence-electron chi connectivity index (χ0n) is 19.4. The van der Waals surface area contributed by atoms with Crippen LogP contribution in [0.25, 0.3) is 0 Å². The number of rotatable bonds is 5. The quantitative estimate of drug-likeness (QED) is 0.555. The third-order valence-electron chi connectivity index (χ3n) is 6.82. The van der Waals surface area contributed by atoms with Gasteiger partial charge in [0.25, 0.3) is 0 Å². The van der Waals surface area contributed by atoms with E-state index < -0.39 is 12.0 Å². The highest BCUT2D eigenvalue weighted by molar-refractivity contribution is 6.06. The number of amides is 2. The first kappa shape index (κ1) is 22.0. The van der Waals surface area contributed by atoms with E-state index in [1.807, 2.05) is 71.6 Å². The van der Waals surface area contributed by atoms with Gasteiger partial charge >= 0.3 is 0 Å². The van der Waals surface area contributed by atoms with Crippen LogP contribution in [0.2, 0.25) is 0 Å². The molecule has 1 fully saturated rings. The van der Waals surface area contributed by atoms with E-state index in [1.54, 1.807) is 19.1 Å². The minimum atomic E-state index is -0.492. The molecule has 174 valence electrons. The van der Waals surface area contributed by atoms with Gasteiger partial charge in [-0.25, -0.2) is 0 Å². The molecule has 2 heterocycles. The van der Waals surface area contributed by atoms with E-state index in [0.29, 0.717) is 12.3 Å². The Morgan fingerprint density at radius 3 is 2.21 bits per heavy atom. The van der Waals surface area contributed by atoms with Crippen LogP contribution >= 0.6 is 0 Å². The van der Waals surface area contributed by atoms with Gasteiger partial charge in [-0.05, 0) is 66.4 Å². The zero-order valence-corrected chi connectivity index (χ0v) is 19.4. The third-order valence-corrected chi connectivity index (χ3v) is 6.82. The summed E-state index contributed by atoms with van der Waals surface area (Å²) < 4.78 is 10.6. The SMILES string of the molecule is COc1ccc([C@@H]2[C@H](C(=O)N3CCCc4ccccc43)CC(=O)N2c2ccc(OC)cc2)cc1. The molecule has 0 aromatic heterocycles. The van der Waals surface area contributed by atoms with Crippen molar-refractivity contribution in [2.45, 2.75) is 25.3 Å². The van der Waals surface area contributed by atoms with E-state index >= 15 is 0 Å². The molecule has 0 bridgehead atoms. The molecule has 3 aromatic rings. The molecule has 0 saturated carbocycles. The van der Waals surface area contributed by atoms with Crippen LogP contribution in [-0.2, 0) is 16.0 Å². The summed E-state index contributed by atoms with van der Waals surface area (Å²) in [5.74, 6) is 0.895. The van der Waals surface area contributed by atoms with Gasteiger partial charge in [0.2, 0.25) is 11.8 Å². The van der Waals surface area contributed by atoms with E-state index in [0.717, 1.165) is 35.5 Å². The van der Waals surface area contributed by atoms with Gasteiger partial charge in [-0.2, -0.15) is 0 Å². The van der Waals surface area contributed by atoms with Crippen LogP contribution in [0.15, 0.2) is 72.8 Å². The summed E-state index contributed by atoms with van der Waals surface area (Å²) >= 11 is 0. The number of nitrogens with zero attached hydrogens (tertiary/aromatic N) is 2. The molecule has 0 N–H and O–H groups in total. The molecular formula is C28H28N2O4. The van der Waals surface area contributed by atoms with Gasteiger partial charge in [0.05, 0.1) is 26.2 Å². The second-order valence-electron chi connectivity index (χ2n) is 8.71. The average molecular weight is 457 g/mol. The van der Waals surface area contributed by atoms with Crippen molar-refractivity contribution < 1.29 is 19.1 Å². The fraction of sp³-hybridized carbons (Fsp3) is 0.286. The lowest BCUT2D eigenvalue weighted by Crippen LogP contribution is -2.41. The summed E-state index contributed by atoms with van der Waals surface area (Å²) in [6.07, 6.45) is 2.04. The average Bonchev–Trinajstić information content (AvgIpc) is 3.24. The van der Waals surface area contributed by atoms with Gasteiger partial charge in [-0.15, -0.1) is 0 Å². The molecule has 5 rings (SSSR count). The Balaban J connectivity index is 1.55. The van der Waals surface area contributed by atoms with E-state index in [2.05, 4.69) is 6.07 Å². The summed E-state index contributed by atoms with van der Waals surface area (Å²) in [5, 5.41) is 0. The van der Waals surface area contributed by atoms with Gasteiger partial charge < -0.3 is 19.3 Å². The molecule has 2 amide bonds. The highest BCUT2D eigenvalue weighted by atomic mass is 16.5. The first-order valence-electron chi connectivity index (χ1n) is 11.6. The van der Waals surface area contributed by atoms with Crippen molar-refractivity contribution >= 4 is 23.2 Å². The number of para-hydroxylation sites is 1. The molecule has 2 atom stereocenters. The molecule has 1 saturated heterocycles. The summed E-state index contributed by atoms with van der Waals surface area (Å²) in [6, 6.07) is 22.7. The standard InChI is InChI=1S/C28H28N2O4/c1-33-22-13-9-20(10-14-22)27-24(18-26(31)30(27)21-11-15-23(34-2)16-12-21)28(32)29-17-5-7-19-6-3-4-8-25(19)29/h3-4,6,8-16,24,27H,5,7,17-18H2,1-2H3/t24-,27-/m1/s1. The molecule has 6 nitrogen and oxygen atoms in total. The van der Waals surface area contributed by atoms with Crippen molar-refractivity contribution in [3.05, 3.63) is 83.9 Å². The molecule has 0 aliphatic carbocycles. The number of carbonyl (C=O) groups is 2. The van der Waals surface area contributed by atoms with Gasteiger partial charge in [0, 0.05) is 24.3 Å². The van der Waals surface area contributed by atoms with Crippen LogP contribution in [0.5, 0.6) is 11.5 Å². The molecule has 0 radical (unpaired) electrons. The molecule has 3 aromatic carbocycles. The molecule has 0 unspecified atom stereocenters. The molecule has 2 aliphatic rings. The Labute approximate surface area is 199 Å². The first-order valence-corrected chi connectivity index (χ1v) is 11.6. The lowest BCUT2D eigenvalue weighted by molar-refractivity contribution is -0.124. The van der Waals surface area contributed by atoms with Gasteiger partial charge in [-0.1, -0.05) is 30.3 Å². The predicted octanol–water partition coefficient (Wildman–Crippen LogP) is 4.78. The number of ether oxygens (including phenoxy) is 2. The Kier molecular flexibility index (Phi) is 5.97. The van der Waals surface area contributed by atoms with Crippen molar-refractivity contribution in [3.63, 3.8) is 0 Å². The molecule has 34 heavy (non-hydrogen) atoms. The van der Waals surface area contributed by atoms with Crippen molar-refractivity contribution in [2.75, 3.05) is 30.6 Å². The van der Waals surface area contributed by atoms with Gasteiger partial charge in [-0.3, -0.25) is 9.59 Å². The number of benzene rings is 3. The topological polar surface area (TPSA) is 59.1 Å². The van der Waals surface area contributed by atoms with Crippen LogP contribution in [-0.4, -0.2) is 32.6 Å². The fourth-order valence-electron chi connectivity index (χ4n) is 5.15. The normalized spacial score (nSPS) is 19.6. The second kappa shape index (κ2) is 9.21. The van der Waals surface area contributed by atoms with Crippen molar-refractivity contribution in [3.8, 4) is 11.5 Å². The highest BCUT2D eigenvalue weighted by Crippen LogP contribution is 2.44. The number of methoxy groups -OCH3 is 2. The maximum absolute atomic E-state index is 14.0. The Bertz CT molecular complexity index is 1190. The number of hydrogen-bond acceptors (Lipinski definition) is 4. The first-order chi connectivity index (χ1) is 16.6. The summed E-state index contributed by atoms with van der Waals surface area (Å²) in [7, 11) is 3.24. The van der Waals surface area contributed by atoms with Crippen molar-refractivity contribution in [2.24, 2.45) is 5.92 Å². The van der Waals surface area contributed by atoms with Gasteiger partial charge in [0.15, 0.2) is 0 Å². The van der Waals surface area contributed by atoms with Crippen molar-refractivity contribution in [1.82, 2.24) is 0 Å². The van der Waals surface area contributed by atoms with Crippen LogP contribution < -0.4 is 19.3 Å². The fourth-order valence-corrected chi connectivity index (χ4v) is 5.15. The molecule has 6 heteroatoms. The van der Waals surface area contributed by atoms with E-state index in [9.17, 15) is 9.59 Å². The maximum Gasteiger partial charge on any atom is 0.233 e. The van der Waals surface area contributed by atoms with Crippen LogP contribution in [0, 0.1) is 5.92 Å². The van der Waals surface area contributed by atoms with Crippen LogP contribution in [0.1, 0.15) is 30.0 Å². The number of fused-ring (bicyclic) bond motifs is 1. The third kappa shape index (κ3) is 3.89. The Morgan fingerprint density at radius 1 is 0.882 bits per heavy atom. The maximum atomic E-state index is 14.0. The predicted molar refractivity (Wildman–Crippen MR) is 131 cm³/mol. The Morgan fingerprint density at radius 2 is 1.53 bits per heavy atom. The molecular weight excluding hydrogens is 428 g/mol. The molecule has 2 aliphatic heterocycles. The van der Waals surface area contributed by atoms with E-state index in [-0.39, 0.29) is 18.2 Å². The van der Waals surface area contributed by atoms with E-state index in [1.165, 1.54) is 5.56 Å². The smallest absolute Gasteiger partial charge is 0.233 e. The molecule has 0 spiro atoms. The summed E-state index contributed by atoms with van der Waals surface area (Å²) in [4.78, 5) is 31.0. The van der Waals surface area contributed by atoms with Crippen molar-refractivity contribution in [1.29, 1.82) is 0 Å². The Hall–Kier alpha value is -3.80. The van der Waals surface area contributed by atoms with Gasteiger partial charge in [0.1, 0.15) is 11.5 Å². The number of anilines is 2. The summed E-state index contributed by atoms with van der Waals surface area (Å²) in [5.41, 5.74) is 3.80. The number of carbonyl (C=O) groups excluding carboxylic acids is 2. The highest BCUT2D eigenvalue weighted by Gasteiger charge is 2.47. The van der Waals surface area contributed by atoms with Crippen LogP contribution in [0.3, 0.4) is 0 Å². The van der Waals surface area contributed by atoms with E-state index in [4.69, 9.17) is 9.47 Å². The summed E-state index contributed by atoms with van der Waals surface area (Å²) in [6.45, 7) is 0.665. The lowest BCUT2D eigenvalue weighted by atomic mass is 9.90. The second-order valence-corrected chi connectivity index (χ2v) is 8.71. The number of aryl methyl sites for hydroxylation is 1. The lowest BCUT2D eigenvalue weighted by Gasteiger charge is -2.34. The largest absolute Gasteiger partial charge is 0.497 e. The minimum absolute atomic E-state index is 0.00247. The minimum Gasteiger partial charge on any atom is -0.497 e.